The van der Waals surface area contributed by atoms with Crippen molar-refractivity contribution >= 4 is 21.7 Å². The number of anilines is 1. The smallest absolute Gasteiger partial charge is 0.339 e. The van der Waals surface area contributed by atoms with Gasteiger partial charge < -0.3 is 9.84 Å². The van der Waals surface area contributed by atoms with E-state index in [-0.39, 0.29) is 23.6 Å². The normalized spacial score (nSPS) is 11.1. The molecule has 0 saturated heterocycles. The number of ether oxygens (including phenoxy) is 1. The molecule has 6 nitrogen and oxygen atoms in total. The molecule has 7 heteroatoms. The number of aliphatic hydroxyl groups excluding tert-OH is 1. The number of aliphatic hydroxyl groups is 1. The van der Waals surface area contributed by atoms with Crippen LogP contribution in [-0.2, 0) is 21.4 Å². The van der Waals surface area contributed by atoms with Gasteiger partial charge >= 0.3 is 5.97 Å². The lowest BCUT2D eigenvalue weighted by Crippen LogP contribution is -2.18. The molecule has 0 bridgehead atoms. The van der Waals surface area contributed by atoms with Gasteiger partial charge in [-0.05, 0) is 24.1 Å². The summed E-state index contributed by atoms with van der Waals surface area (Å²) in [6.07, 6.45) is 0.461. The number of hydrogen-bond acceptors (Lipinski definition) is 5. The van der Waals surface area contributed by atoms with Crippen LogP contribution in [0.25, 0.3) is 0 Å². The van der Waals surface area contributed by atoms with Gasteiger partial charge in [-0.25, -0.2) is 13.2 Å². The fourth-order valence-electron chi connectivity index (χ4n) is 1.55. The summed E-state index contributed by atoms with van der Waals surface area (Å²) in [4.78, 5) is 11.6. The van der Waals surface area contributed by atoms with Crippen molar-refractivity contribution in [1.29, 1.82) is 0 Å². The van der Waals surface area contributed by atoms with Gasteiger partial charge in [0.25, 0.3) is 0 Å². The van der Waals surface area contributed by atoms with Crippen molar-refractivity contribution in [2.45, 2.75) is 20.0 Å². The Morgan fingerprint density at radius 2 is 2.11 bits per heavy atom. The molecular weight excluding hydrogens is 270 g/mol. The predicted octanol–water partition coefficient (Wildman–Crippen LogP) is 1.12. The third-order valence-corrected chi connectivity index (χ3v) is 3.89. The van der Waals surface area contributed by atoms with Crippen molar-refractivity contribution in [1.82, 2.24) is 0 Å². The van der Waals surface area contributed by atoms with E-state index in [1.54, 1.807) is 6.92 Å². The molecule has 0 aliphatic rings. The maximum atomic E-state index is 11.7. The maximum absolute atomic E-state index is 11.7. The Bertz CT molecular complexity index is 553. The third-order valence-electron chi connectivity index (χ3n) is 2.41. The number of methoxy groups -OCH3 is 1. The van der Waals surface area contributed by atoms with Crippen LogP contribution < -0.4 is 4.72 Å². The van der Waals surface area contributed by atoms with Crippen LogP contribution in [0.5, 0.6) is 0 Å². The number of nitrogens with one attached hydrogen (secondary N) is 1. The van der Waals surface area contributed by atoms with Gasteiger partial charge in [-0.15, -0.1) is 0 Å². The van der Waals surface area contributed by atoms with Crippen LogP contribution in [0.2, 0.25) is 0 Å². The molecule has 0 aromatic heterocycles. The minimum atomic E-state index is -3.51. The van der Waals surface area contributed by atoms with Gasteiger partial charge in [-0.2, -0.15) is 0 Å². The monoisotopic (exact) mass is 287 g/mol. The van der Waals surface area contributed by atoms with Crippen molar-refractivity contribution in [3.8, 4) is 0 Å². The molecule has 0 radical (unpaired) electrons. The largest absolute Gasteiger partial charge is 0.465 e. The standard InChI is InChI=1S/C12H17NO5S/c1-3-6-19(16,17)13-11-7-9(8-14)4-5-10(11)12(15)18-2/h4-5,7,13-14H,3,6,8H2,1-2H3. The first kappa shape index (κ1) is 15.5. The molecule has 19 heavy (non-hydrogen) atoms. The van der Waals surface area contributed by atoms with Gasteiger partial charge in [-0.3, -0.25) is 4.72 Å². The quantitative estimate of drug-likeness (QED) is 0.765. The molecule has 0 saturated carbocycles. The van der Waals surface area contributed by atoms with Crippen LogP contribution in [0, 0.1) is 0 Å². The van der Waals surface area contributed by atoms with Gasteiger partial charge in [0.1, 0.15) is 0 Å². The van der Waals surface area contributed by atoms with Gasteiger partial charge in [0.2, 0.25) is 10.0 Å². The fourth-order valence-corrected chi connectivity index (χ4v) is 2.69. The van der Waals surface area contributed by atoms with E-state index in [0.29, 0.717) is 12.0 Å². The van der Waals surface area contributed by atoms with E-state index < -0.39 is 16.0 Å². The summed E-state index contributed by atoms with van der Waals surface area (Å²) >= 11 is 0. The van der Waals surface area contributed by atoms with Crippen LogP contribution in [0.15, 0.2) is 18.2 Å². The van der Waals surface area contributed by atoms with Gasteiger partial charge in [0, 0.05) is 0 Å². The van der Waals surface area contributed by atoms with Crippen molar-refractivity contribution < 1.29 is 23.1 Å². The van der Waals surface area contributed by atoms with E-state index >= 15 is 0 Å². The summed E-state index contributed by atoms with van der Waals surface area (Å²) in [6, 6.07) is 4.37. The highest BCUT2D eigenvalue weighted by molar-refractivity contribution is 7.92. The Morgan fingerprint density at radius 1 is 1.42 bits per heavy atom. The molecule has 0 amide bonds. The lowest BCUT2D eigenvalue weighted by atomic mass is 10.1. The second-order valence-electron chi connectivity index (χ2n) is 3.95. The molecule has 0 spiro atoms. The minimum absolute atomic E-state index is 0.0447. The van der Waals surface area contributed by atoms with Gasteiger partial charge in [0.05, 0.1) is 30.7 Å². The molecule has 0 fully saturated rings. The SMILES string of the molecule is CCCS(=O)(=O)Nc1cc(CO)ccc1C(=O)OC. The zero-order valence-electron chi connectivity index (χ0n) is 10.8. The zero-order valence-corrected chi connectivity index (χ0v) is 11.7. The average Bonchev–Trinajstić information content (AvgIpc) is 2.37. The predicted molar refractivity (Wildman–Crippen MR) is 71.4 cm³/mol. The van der Waals surface area contributed by atoms with Crippen molar-refractivity contribution in [3.63, 3.8) is 0 Å². The van der Waals surface area contributed by atoms with Crippen molar-refractivity contribution in [2.75, 3.05) is 17.6 Å². The van der Waals surface area contributed by atoms with Gasteiger partial charge in [0.15, 0.2) is 0 Å². The van der Waals surface area contributed by atoms with E-state index in [2.05, 4.69) is 9.46 Å². The number of benzene rings is 1. The highest BCUT2D eigenvalue weighted by Crippen LogP contribution is 2.20. The molecule has 2 N–H and O–H groups in total. The second kappa shape index (κ2) is 6.53. The van der Waals surface area contributed by atoms with Crippen LogP contribution >= 0.6 is 0 Å². The van der Waals surface area contributed by atoms with E-state index in [1.807, 2.05) is 0 Å². The van der Waals surface area contributed by atoms with E-state index in [1.165, 1.54) is 25.3 Å². The van der Waals surface area contributed by atoms with E-state index in [4.69, 9.17) is 5.11 Å². The van der Waals surface area contributed by atoms with E-state index in [9.17, 15) is 13.2 Å². The highest BCUT2D eigenvalue weighted by Gasteiger charge is 2.17. The molecule has 106 valence electrons. The van der Waals surface area contributed by atoms with Crippen molar-refractivity contribution in [2.24, 2.45) is 0 Å². The Labute approximate surface area is 112 Å². The topological polar surface area (TPSA) is 92.7 Å². The molecular formula is C12H17NO5S. The maximum Gasteiger partial charge on any atom is 0.339 e. The van der Waals surface area contributed by atoms with Crippen LogP contribution in [0.1, 0.15) is 29.3 Å². The van der Waals surface area contributed by atoms with Crippen LogP contribution in [0.3, 0.4) is 0 Å². The Balaban J connectivity index is 3.18. The molecule has 1 rings (SSSR count). The first-order chi connectivity index (χ1) is 8.93. The number of hydrogen-bond donors (Lipinski definition) is 2. The summed E-state index contributed by atoms with van der Waals surface area (Å²) in [7, 11) is -2.30. The molecule has 0 atom stereocenters. The average molecular weight is 287 g/mol. The van der Waals surface area contributed by atoms with Gasteiger partial charge in [-0.1, -0.05) is 13.0 Å². The van der Waals surface area contributed by atoms with Crippen molar-refractivity contribution in [3.05, 3.63) is 29.3 Å². The number of sulfonamides is 1. The zero-order chi connectivity index (χ0) is 14.5. The number of carbonyl (C=O) groups is 1. The number of esters is 1. The number of rotatable bonds is 6. The summed E-state index contributed by atoms with van der Waals surface area (Å²) < 4.78 is 30.4. The van der Waals surface area contributed by atoms with E-state index in [0.717, 1.165) is 0 Å². The minimum Gasteiger partial charge on any atom is -0.465 e. The van der Waals surface area contributed by atoms with Crippen LogP contribution in [0.4, 0.5) is 5.69 Å². The fraction of sp³-hybridized carbons (Fsp3) is 0.417. The summed E-state index contributed by atoms with van der Waals surface area (Å²) in [5.41, 5.74) is 0.730. The highest BCUT2D eigenvalue weighted by atomic mass is 32.2. The first-order valence-corrected chi connectivity index (χ1v) is 7.41. The molecule has 0 aliphatic heterocycles. The Morgan fingerprint density at radius 3 is 2.63 bits per heavy atom. The molecule has 1 aromatic rings. The summed E-state index contributed by atoms with van der Waals surface area (Å²) in [5.74, 6) is -0.685. The molecule has 0 aliphatic carbocycles. The number of carbonyl (C=O) groups excluding carboxylic acids is 1. The second-order valence-corrected chi connectivity index (χ2v) is 5.79. The first-order valence-electron chi connectivity index (χ1n) is 5.76. The third kappa shape index (κ3) is 4.22. The molecule has 0 heterocycles. The summed E-state index contributed by atoms with van der Waals surface area (Å²) in [6.45, 7) is 1.49. The lowest BCUT2D eigenvalue weighted by molar-refractivity contribution is 0.0602. The molecule has 0 unspecified atom stereocenters. The Hall–Kier alpha value is -1.60. The Kier molecular flexibility index (Phi) is 5.31. The lowest BCUT2D eigenvalue weighted by Gasteiger charge is -2.12. The summed E-state index contributed by atoms with van der Waals surface area (Å²) in [5, 5.41) is 9.06. The van der Waals surface area contributed by atoms with Crippen LogP contribution in [-0.4, -0.2) is 32.4 Å². The molecule has 1 aromatic carbocycles.